The molecule has 0 unspecified atom stereocenters. The van der Waals surface area contributed by atoms with E-state index in [1.807, 2.05) is 96.8 Å². The van der Waals surface area contributed by atoms with E-state index in [2.05, 4.69) is 0 Å². The Hall–Kier alpha value is -4.10. The Morgan fingerprint density at radius 2 is 1.68 bits per heavy atom. The Balaban J connectivity index is 1.56. The first-order valence-electron chi connectivity index (χ1n) is 12.5. The molecular weight excluding hydrogens is 466 g/mol. The van der Waals surface area contributed by atoms with Gasteiger partial charge in [0, 0.05) is 18.7 Å². The summed E-state index contributed by atoms with van der Waals surface area (Å²) in [4.78, 5) is 15.5. The summed E-state index contributed by atoms with van der Waals surface area (Å²) in [5.41, 5.74) is 3.12. The number of aryl methyl sites for hydroxylation is 1. The summed E-state index contributed by atoms with van der Waals surface area (Å²) in [6.07, 6.45) is 1.95. The van der Waals surface area contributed by atoms with E-state index >= 15 is 0 Å². The predicted molar refractivity (Wildman–Crippen MR) is 142 cm³/mol. The monoisotopic (exact) mass is 497 g/mol. The van der Waals surface area contributed by atoms with Crippen LogP contribution in [0, 0.1) is 6.92 Å². The third-order valence-corrected chi connectivity index (χ3v) is 6.52. The zero-order valence-electron chi connectivity index (χ0n) is 21.2. The summed E-state index contributed by atoms with van der Waals surface area (Å²) in [7, 11) is 1.62. The lowest BCUT2D eigenvalue weighted by molar-refractivity contribution is 0.0505. The lowest BCUT2D eigenvalue weighted by Gasteiger charge is -2.26. The maximum atomic E-state index is 13.7. The van der Waals surface area contributed by atoms with E-state index in [1.165, 1.54) is 0 Å². The normalized spacial score (nSPS) is 14.9. The molecule has 3 aromatic carbocycles. The van der Waals surface area contributed by atoms with Crippen molar-refractivity contribution < 1.29 is 19.0 Å². The number of carbonyl (C=O) groups excluding carboxylic acids is 1. The van der Waals surface area contributed by atoms with Gasteiger partial charge in [-0.1, -0.05) is 48.5 Å². The van der Waals surface area contributed by atoms with Crippen molar-refractivity contribution in [1.29, 1.82) is 0 Å². The minimum Gasteiger partial charge on any atom is -0.493 e. The highest BCUT2D eigenvalue weighted by Crippen LogP contribution is 2.36. The SMILES string of the molecule is COc1ccccc1Oc1c(CN(C[C@@H]2CCCO2)C(=O)c2ccccc2)c(C)nn1-c1ccccc1. The van der Waals surface area contributed by atoms with Crippen molar-refractivity contribution in [3.8, 4) is 23.1 Å². The van der Waals surface area contributed by atoms with Gasteiger partial charge < -0.3 is 19.1 Å². The zero-order chi connectivity index (χ0) is 25.6. The molecule has 5 rings (SSSR count). The van der Waals surface area contributed by atoms with Gasteiger partial charge in [0.05, 0.1) is 36.7 Å². The van der Waals surface area contributed by atoms with Gasteiger partial charge in [0.25, 0.3) is 5.91 Å². The third kappa shape index (κ3) is 5.52. The quantitative estimate of drug-likeness (QED) is 0.292. The van der Waals surface area contributed by atoms with Gasteiger partial charge in [-0.3, -0.25) is 4.79 Å². The first-order chi connectivity index (χ1) is 18.1. The summed E-state index contributed by atoms with van der Waals surface area (Å²) in [6, 6.07) is 26.7. The Kier molecular flexibility index (Phi) is 7.51. The number of para-hydroxylation sites is 3. The van der Waals surface area contributed by atoms with E-state index in [4.69, 9.17) is 19.3 Å². The van der Waals surface area contributed by atoms with E-state index in [-0.39, 0.29) is 12.0 Å². The molecule has 1 saturated heterocycles. The Morgan fingerprint density at radius 3 is 2.35 bits per heavy atom. The topological polar surface area (TPSA) is 65.8 Å². The van der Waals surface area contributed by atoms with Crippen molar-refractivity contribution in [3.05, 3.63) is 102 Å². The molecule has 0 saturated carbocycles. The molecule has 0 bridgehead atoms. The molecule has 1 amide bonds. The molecule has 37 heavy (non-hydrogen) atoms. The molecule has 1 atom stereocenters. The summed E-state index contributed by atoms with van der Waals surface area (Å²) in [5.74, 6) is 1.68. The lowest BCUT2D eigenvalue weighted by atomic mass is 10.1. The van der Waals surface area contributed by atoms with E-state index in [9.17, 15) is 4.79 Å². The van der Waals surface area contributed by atoms with E-state index < -0.39 is 0 Å². The average Bonchev–Trinajstić information content (AvgIpc) is 3.57. The second-order valence-electron chi connectivity index (χ2n) is 9.06. The highest BCUT2D eigenvalue weighted by atomic mass is 16.5. The molecule has 1 fully saturated rings. The van der Waals surface area contributed by atoms with Crippen LogP contribution >= 0.6 is 0 Å². The first-order valence-corrected chi connectivity index (χ1v) is 12.5. The van der Waals surface area contributed by atoms with Gasteiger partial charge in [-0.2, -0.15) is 5.10 Å². The highest BCUT2D eigenvalue weighted by Gasteiger charge is 2.28. The van der Waals surface area contributed by atoms with Gasteiger partial charge in [-0.25, -0.2) is 4.68 Å². The molecule has 2 heterocycles. The minimum absolute atomic E-state index is 0.00993. The van der Waals surface area contributed by atoms with E-state index in [0.29, 0.717) is 36.0 Å². The summed E-state index contributed by atoms with van der Waals surface area (Å²) in [5, 5.41) is 4.83. The molecule has 1 aromatic heterocycles. The molecule has 0 radical (unpaired) electrons. The van der Waals surface area contributed by atoms with Gasteiger partial charge in [-0.05, 0) is 56.2 Å². The maximum Gasteiger partial charge on any atom is 0.254 e. The van der Waals surface area contributed by atoms with Crippen LogP contribution in [0.15, 0.2) is 84.9 Å². The fraction of sp³-hybridized carbons (Fsp3) is 0.267. The number of methoxy groups -OCH3 is 1. The number of hydrogen-bond acceptors (Lipinski definition) is 5. The van der Waals surface area contributed by atoms with Crippen molar-refractivity contribution in [3.63, 3.8) is 0 Å². The van der Waals surface area contributed by atoms with Crippen LogP contribution in [0.25, 0.3) is 5.69 Å². The fourth-order valence-corrected chi connectivity index (χ4v) is 4.58. The van der Waals surface area contributed by atoms with Crippen molar-refractivity contribution >= 4 is 5.91 Å². The summed E-state index contributed by atoms with van der Waals surface area (Å²) >= 11 is 0. The van der Waals surface area contributed by atoms with Crippen molar-refractivity contribution in [2.24, 2.45) is 0 Å². The van der Waals surface area contributed by atoms with Crippen LogP contribution in [0.2, 0.25) is 0 Å². The maximum absolute atomic E-state index is 13.7. The fourth-order valence-electron chi connectivity index (χ4n) is 4.58. The molecule has 0 aliphatic carbocycles. The smallest absolute Gasteiger partial charge is 0.254 e. The van der Waals surface area contributed by atoms with Gasteiger partial charge in [0.15, 0.2) is 11.5 Å². The van der Waals surface area contributed by atoms with Crippen LogP contribution in [0.3, 0.4) is 0 Å². The number of benzene rings is 3. The van der Waals surface area contributed by atoms with Crippen LogP contribution in [0.5, 0.6) is 17.4 Å². The van der Waals surface area contributed by atoms with Gasteiger partial charge in [-0.15, -0.1) is 0 Å². The number of hydrogen-bond donors (Lipinski definition) is 0. The average molecular weight is 498 g/mol. The Bertz CT molecular complexity index is 1330. The molecule has 1 aliphatic rings. The van der Waals surface area contributed by atoms with Crippen molar-refractivity contribution in [2.45, 2.75) is 32.4 Å². The lowest BCUT2D eigenvalue weighted by Crippen LogP contribution is -2.37. The van der Waals surface area contributed by atoms with Crippen molar-refractivity contribution in [2.75, 3.05) is 20.3 Å². The Morgan fingerprint density at radius 1 is 1.00 bits per heavy atom. The number of aromatic nitrogens is 2. The van der Waals surface area contributed by atoms with Crippen LogP contribution in [-0.2, 0) is 11.3 Å². The molecule has 0 spiro atoms. The van der Waals surface area contributed by atoms with Gasteiger partial charge >= 0.3 is 0 Å². The summed E-state index contributed by atoms with van der Waals surface area (Å²) < 4.78 is 19.7. The number of nitrogens with zero attached hydrogens (tertiary/aromatic N) is 3. The van der Waals surface area contributed by atoms with Crippen LogP contribution < -0.4 is 9.47 Å². The van der Waals surface area contributed by atoms with E-state index in [1.54, 1.807) is 11.8 Å². The molecule has 190 valence electrons. The number of ether oxygens (including phenoxy) is 3. The van der Waals surface area contributed by atoms with Crippen LogP contribution in [-0.4, -0.2) is 47.0 Å². The molecule has 1 aliphatic heterocycles. The summed E-state index contributed by atoms with van der Waals surface area (Å²) in [6.45, 7) is 3.50. The highest BCUT2D eigenvalue weighted by molar-refractivity contribution is 5.94. The third-order valence-electron chi connectivity index (χ3n) is 6.52. The van der Waals surface area contributed by atoms with Gasteiger partial charge in [0.1, 0.15) is 0 Å². The minimum atomic E-state index is -0.0498. The molecule has 7 heteroatoms. The van der Waals surface area contributed by atoms with Crippen molar-refractivity contribution in [1.82, 2.24) is 14.7 Å². The largest absolute Gasteiger partial charge is 0.493 e. The molecular formula is C30H31N3O4. The predicted octanol–water partition coefficient (Wildman–Crippen LogP) is 5.80. The Labute approximate surface area is 217 Å². The molecule has 4 aromatic rings. The van der Waals surface area contributed by atoms with E-state index in [0.717, 1.165) is 36.4 Å². The zero-order valence-corrected chi connectivity index (χ0v) is 21.2. The standard InChI is InChI=1S/C30H31N3O4/c1-22-26(21-32(20-25-16-11-19-36-25)29(34)23-12-5-3-6-13-23)30(33(31-22)24-14-7-4-8-15-24)37-28-18-10-9-17-27(28)35-2/h3-10,12-15,17-18,25H,11,16,19-21H2,1-2H3/t25-/m0/s1. The van der Waals surface area contributed by atoms with Crippen LogP contribution in [0.1, 0.15) is 34.5 Å². The second kappa shape index (κ2) is 11.3. The number of carbonyl (C=O) groups is 1. The molecule has 0 N–H and O–H groups in total. The van der Waals surface area contributed by atoms with Gasteiger partial charge in [0.2, 0.25) is 5.88 Å². The number of amides is 1. The second-order valence-corrected chi connectivity index (χ2v) is 9.06. The molecule has 7 nitrogen and oxygen atoms in total. The first kappa shape index (κ1) is 24.6. The number of rotatable bonds is 9. The van der Waals surface area contributed by atoms with Crippen LogP contribution in [0.4, 0.5) is 0 Å².